The van der Waals surface area contributed by atoms with Crippen molar-refractivity contribution in [2.24, 2.45) is 0 Å². The molecule has 1 aromatic heterocycles. The van der Waals surface area contributed by atoms with Gasteiger partial charge in [-0.3, -0.25) is 0 Å². The third kappa shape index (κ3) is 3.87. The maximum Gasteiger partial charge on any atom is 0.261 e. The lowest BCUT2D eigenvalue weighted by molar-refractivity contribution is 0.578. The van der Waals surface area contributed by atoms with Crippen LogP contribution < -0.4 is 19.8 Å². The predicted octanol–water partition coefficient (Wildman–Crippen LogP) is 3.08. The van der Waals surface area contributed by atoms with Gasteiger partial charge in [-0.2, -0.15) is 4.98 Å². The van der Waals surface area contributed by atoms with Crippen molar-refractivity contribution in [1.29, 1.82) is 0 Å². The van der Waals surface area contributed by atoms with Gasteiger partial charge in [0, 0.05) is 55.4 Å². The van der Waals surface area contributed by atoms with E-state index < -0.39 is 10.0 Å². The van der Waals surface area contributed by atoms with E-state index in [4.69, 9.17) is 0 Å². The molecule has 5 rings (SSSR count). The van der Waals surface area contributed by atoms with Crippen LogP contribution in [0.3, 0.4) is 0 Å². The second-order valence-corrected chi connectivity index (χ2v) is 10.4. The van der Waals surface area contributed by atoms with Crippen molar-refractivity contribution < 1.29 is 8.42 Å². The average molecular weight is 441 g/mol. The highest BCUT2D eigenvalue weighted by molar-refractivity contribution is 7.96. The fraction of sp³-hybridized carbons (Fsp3) is 0.455. The van der Waals surface area contributed by atoms with Gasteiger partial charge in [0.25, 0.3) is 10.0 Å². The van der Waals surface area contributed by atoms with E-state index in [9.17, 15) is 8.42 Å². The number of rotatable bonds is 4. The van der Waals surface area contributed by atoms with Crippen LogP contribution in [-0.4, -0.2) is 50.6 Å². The van der Waals surface area contributed by atoms with Crippen LogP contribution >= 0.6 is 0 Å². The minimum absolute atomic E-state index is 0.0338. The Balaban J connectivity index is 1.41. The predicted molar refractivity (Wildman–Crippen MR) is 124 cm³/mol. The number of nitrogens with one attached hydrogen (secondary N) is 2. The molecule has 0 bridgehead atoms. The van der Waals surface area contributed by atoms with E-state index in [0.29, 0.717) is 16.7 Å². The lowest BCUT2D eigenvalue weighted by Crippen LogP contribution is -2.43. The molecule has 0 unspecified atom stereocenters. The van der Waals surface area contributed by atoms with E-state index in [0.717, 1.165) is 63.1 Å². The Kier molecular flexibility index (Phi) is 5.31. The van der Waals surface area contributed by atoms with E-state index in [1.165, 1.54) is 9.99 Å². The van der Waals surface area contributed by atoms with Crippen molar-refractivity contribution in [3.05, 3.63) is 40.9 Å². The van der Waals surface area contributed by atoms with Gasteiger partial charge in [-0.15, -0.1) is 0 Å². The third-order valence-corrected chi connectivity index (χ3v) is 8.21. The summed E-state index contributed by atoms with van der Waals surface area (Å²) in [6.45, 7) is 5.64. The zero-order valence-electron chi connectivity index (χ0n) is 17.7. The van der Waals surface area contributed by atoms with Gasteiger partial charge >= 0.3 is 0 Å². The Labute approximate surface area is 183 Å². The number of fused-ring (bicyclic) bond motifs is 1. The van der Waals surface area contributed by atoms with Crippen LogP contribution in [0.4, 0.5) is 23.1 Å². The second kappa shape index (κ2) is 8.12. The summed E-state index contributed by atoms with van der Waals surface area (Å²) in [7, 11) is -3.54. The molecule has 164 valence electrons. The minimum atomic E-state index is -3.54. The topological polar surface area (TPSA) is 90.5 Å². The molecule has 2 fully saturated rings. The molecule has 2 aliphatic heterocycles. The highest BCUT2D eigenvalue weighted by atomic mass is 32.2. The third-order valence-electron chi connectivity index (χ3n) is 6.29. The van der Waals surface area contributed by atoms with Crippen LogP contribution in [0.25, 0.3) is 6.08 Å². The molecule has 1 aliphatic carbocycles. The first-order valence-electron chi connectivity index (χ1n) is 10.9. The monoisotopic (exact) mass is 440 g/mol. The van der Waals surface area contributed by atoms with Crippen LogP contribution in [0.5, 0.6) is 0 Å². The summed E-state index contributed by atoms with van der Waals surface area (Å²) in [6.07, 6.45) is 7.20. The Bertz CT molecular complexity index is 1090. The Morgan fingerprint density at radius 1 is 1.10 bits per heavy atom. The van der Waals surface area contributed by atoms with Gasteiger partial charge in [0.2, 0.25) is 5.95 Å². The summed E-state index contributed by atoms with van der Waals surface area (Å²) in [5.74, 6) is 0.882. The van der Waals surface area contributed by atoms with Crippen molar-refractivity contribution in [3.63, 3.8) is 0 Å². The van der Waals surface area contributed by atoms with Gasteiger partial charge in [0.05, 0.1) is 4.91 Å². The summed E-state index contributed by atoms with van der Waals surface area (Å²) < 4.78 is 27.7. The number of anilines is 4. The molecule has 9 heteroatoms. The lowest BCUT2D eigenvalue weighted by atomic mass is 10.2. The van der Waals surface area contributed by atoms with E-state index in [-0.39, 0.29) is 6.04 Å². The lowest BCUT2D eigenvalue weighted by Gasteiger charge is -2.33. The summed E-state index contributed by atoms with van der Waals surface area (Å²) in [5, 5.41) is 6.60. The molecule has 1 saturated carbocycles. The van der Waals surface area contributed by atoms with Gasteiger partial charge in [-0.1, -0.05) is 12.8 Å². The summed E-state index contributed by atoms with van der Waals surface area (Å²) in [5.41, 5.74) is 2.81. The number of sulfonamides is 1. The number of piperazine rings is 1. The summed E-state index contributed by atoms with van der Waals surface area (Å²) in [6, 6.07) is 8.17. The zero-order valence-corrected chi connectivity index (χ0v) is 18.5. The molecule has 0 atom stereocenters. The van der Waals surface area contributed by atoms with Gasteiger partial charge in [-0.05, 0) is 50.1 Å². The van der Waals surface area contributed by atoms with Crippen molar-refractivity contribution in [1.82, 2.24) is 15.3 Å². The average Bonchev–Trinajstić information content (AvgIpc) is 3.30. The van der Waals surface area contributed by atoms with Crippen LogP contribution in [-0.2, 0) is 10.0 Å². The largest absolute Gasteiger partial charge is 0.369 e. The van der Waals surface area contributed by atoms with Crippen molar-refractivity contribution in [3.8, 4) is 0 Å². The van der Waals surface area contributed by atoms with Crippen LogP contribution in [0, 0.1) is 0 Å². The summed E-state index contributed by atoms with van der Waals surface area (Å²) >= 11 is 0. The molecule has 2 aromatic rings. The number of allylic oxidation sites excluding steroid dienone is 1. The molecular formula is C22H28N6O2S. The molecule has 0 radical (unpaired) electrons. The van der Waals surface area contributed by atoms with E-state index >= 15 is 0 Å². The maximum absolute atomic E-state index is 13.1. The Morgan fingerprint density at radius 2 is 1.81 bits per heavy atom. The number of nitrogens with zero attached hydrogens (tertiary/aromatic N) is 4. The zero-order chi connectivity index (χ0) is 21.4. The Hall–Kier alpha value is -2.65. The van der Waals surface area contributed by atoms with Gasteiger partial charge in [-0.25, -0.2) is 17.7 Å². The van der Waals surface area contributed by atoms with E-state index in [1.807, 2.05) is 12.1 Å². The van der Waals surface area contributed by atoms with Gasteiger partial charge in [0.15, 0.2) is 5.82 Å². The highest BCUT2D eigenvalue weighted by Crippen LogP contribution is 2.38. The molecule has 1 aromatic carbocycles. The number of hydrogen-bond donors (Lipinski definition) is 2. The smallest absolute Gasteiger partial charge is 0.261 e. The standard InChI is InChI=1S/C22H28N6O2S/c1-16-14-17-15-24-22(26-21(17)28(31(16,29)30)20-4-2-3-5-20)25-18-6-8-19(9-7-18)27-12-10-23-11-13-27/h6-9,14-15,20,23H,2-5,10-13H2,1H3,(H,24,25,26). The second-order valence-electron chi connectivity index (χ2n) is 8.38. The van der Waals surface area contributed by atoms with E-state index in [2.05, 4.69) is 37.6 Å². The summed E-state index contributed by atoms with van der Waals surface area (Å²) in [4.78, 5) is 11.8. The fourth-order valence-electron chi connectivity index (χ4n) is 4.60. The SMILES string of the molecule is CC1=Cc2cnc(Nc3ccc(N4CCNCC4)cc3)nc2N(C2CCCC2)S1(=O)=O. The first-order valence-corrected chi connectivity index (χ1v) is 12.4. The first kappa shape index (κ1) is 20.3. The number of hydrogen-bond acceptors (Lipinski definition) is 7. The molecule has 0 spiro atoms. The minimum Gasteiger partial charge on any atom is -0.369 e. The van der Waals surface area contributed by atoms with E-state index in [1.54, 1.807) is 19.2 Å². The molecule has 0 amide bonds. The van der Waals surface area contributed by atoms with Crippen LogP contribution in [0.1, 0.15) is 38.2 Å². The molecule has 3 aliphatic rings. The molecule has 31 heavy (non-hydrogen) atoms. The maximum atomic E-state index is 13.1. The van der Waals surface area contributed by atoms with Crippen LogP contribution in [0.2, 0.25) is 0 Å². The highest BCUT2D eigenvalue weighted by Gasteiger charge is 2.38. The van der Waals surface area contributed by atoms with Crippen molar-refractivity contribution in [2.75, 3.05) is 40.7 Å². The number of aromatic nitrogens is 2. The number of benzene rings is 1. The normalized spacial score (nSPS) is 21.0. The molecule has 1 saturated heterocycles. The molecular weight excluding hydrogens is 412 g/mol. The molecule has 3 heterocycles. The quantitative estimate of drug-likeness (QED) is 0.755. The fourth-order valence-corrected chi connectivity index (χ4v) is 6.16. The first-order chi connectivity index (χ1) is 15.0. The Morgan fingerprint density at radius 3 is 2.52 bits per heavy atom. The van der Waals surface area contributed by atoms with Crippen molar-refractivity contribution in [2.45, 2.75) is 38.6 Å². The van der Waals surface area contributed by atoms with Crippen molar-refractivity contribution >= 4 is 39.2 Å². The van der Waals surface area contributed by atoms with Gasteiger partial charge in [0.1, 0.15) is 0 Å². The molecule has 2 N–H and O–H groups in total. The van der Waals surface area contributed by atoms with Gasteiger partial charge < -0.3 is 15.5 Å². The van der Waals surface area contributed by atoms with Crippen LogP contribution in [0.15, 0.2) is 35.4 Å². The molecule has 8 nitrogen and oxygen atoms in total.